The van der Waals surface area contributed by atoms with Gasteiger partial charge >= 0.3 is 0 Å². The molecule has 0 spiro atoms. The van der Waals surface area contributed by atoms with Gasteiger partial charge in [-0.3, -0.25) is 9.59 Å². The number of rotatable bonds is 4. The Balaban J connectivity index is 1.71. The molecule has 0 unspecified atom stereocenters. The van der Waals surface area contributed by atoms with Gasteiger partial charge in [0.25, 0.3) is 0 Å². The molecular formula is C30H48O5. The molecule has 198 valence electrons. The molecule has 0 bridgehead atoms. The molecule has 0 saturated heterocycles. The average Bonchev–Trinajstić information content (AvgIpc) is 3.07. The molecule has 4 aliphatic carbocycles. The Hall–Kier alpha value is -1.04. The summed E-state index contributed by atoms with van der Waals surface area (Å²) in [7, 11) is 0. The van der Waals surface area contributed by atoms with E-state index in [0.717, 1.165) is 19.3 Å². The zero-order valence-corrected chi connectivity index (χ0v) is 23.1. The van der Waals surface area contributed by atoms with Gasteiger partial charge in [-0.05, 0) is 81.0 Å². The van der Waals surface area contributed by atoms with Crippen molar-refractivity contribution >= 4 is 11.6 Å². The fourth-order valence-electron chi connectivity index (χ4n) is 9.86. The molecule has 9 atom stereocenters. The molecule has 3 N–H and O–H groups in total. The monoisotopic (exact) mass is 488 g/mol. The topological polar surface area (TPSA) is 94.8 Å². The Morgan fingerprint density at radius 3 is 2.23 bits per heavy atom. The number of hydrogen-bond donors (Lipinski definition) is 3. The van der Waals surface area contributed by atoms with Crippen molar-refractivity contribution in [2.75, 3.05) is 0 Å². The summed E-state index contributed by atoms with van der Waals surface area (Å²) in [5, 5.41) is 33.2. The lowest BCUT2D eigenvalue weighted by molar-refractivity contribution is -0.233. The van der Waals surface area contributed by atoms with Gasteiger partial charge in [0.15, 0.2) is 0 Å². The van der Waals surface area contributed by atoms with Crippen molar-refractivity contribution in [1.29, 1.82) is 0 Å². The van der Waals surface area contributed by atoms with Gasteiger partial charge in [-0.15, -0.1) is 0 Å². The number of carbonyl (C=O) groups excluding carboxylic acids is 2. The highest BCUT2D eigenvalue weighted by Gasteiger charge is 2.73. The van der Waals surface area contributed by atoms with Gasteiger partial charge < -0.3 is 15.3 Å². The minimum Gasteiger partial charge on any atom is -0.393 e. The van der Waals surface area contributed by atoms with Crippen molar-refractivity contribution in [3.05, 3.63) is 12.2 Å². The highest BCUT2D eigenvalue weighted by atomic mass is 16.3. The number of hydrogen-bond acceptors (Lipinski definition) is 5. The quantitative estimate of drug-likeness (QED) is 0.491. The van der Waals surface area contributed by atoms with Crippen LogP contribution in [0, 0.1) is 45.3 Å². The Morgan fingerprint density at radius 2 is 1.63 bits per heavy atom. The SMILES string of the molecule is CC(C)(O)/C=C/C[C@](C)(O)[C@H]1CC[C@]2(C)[C@@H]1C(=O)C[C@@H]1[C@@]3(C)CCC(=O)C(C)(C)[C@@H]3[C@@H](O)C[C@]12C. The van der Waals surface area contributed by atoms with E-state index < -0.39 is 22.7 Å². The second kappa shape index (κ2) is 7.98. The minimum absolute atomic E-state index is 0.114. The summed E-state index contributed by atoms with van der Waals surface area (Å²) in [5.74, 6) is 0.0363. The Bertz CT molecular complexity index is 926. The Morgan fingerprint density at radius 1 is 1.00 bits per heavy atom. The van der Waals surface area contributed by atoms with Crippen LogP contribution in [-0.2, 0) is 9.59 Å². The Kier molecular flexibility index (Phi) is 6.16. The van der Waals surface area contributed by atoms with Gasteiger partial charge in [0.05, 0.1) is 17.3 Å². The van der Waals surface area contributed by atoms with Crippen molar-refractivity contribution in [3.63, 3.8) is 0 Å². The van der Waals surface area contributed by atoms with Crippen LogP contribution in [0.3, 0.4) is 0 Å². The summed E-state index contributed by atoms with van der Waals surface area (Å²) in [6.07, 6.45) is 7.29. The number of fused-ring (bicyclic) bond motifs is 5. The van der Waals surface area contributed by atoms with Crippen LogP contribution in [0.25, 0.3) is 0 Å². The first kappa shape index (κ1) is 27.0. The van der Waals surface area contributed by atoms with Gasteiger partial charge in [-0.2, -0.15) is 0 Å². The molecular weight excluding hydrogens is 440 g/mol. The van der Waals surface area contributed by atoms with Crippen molar-refractivity contribution in [1.82, 2.24) is 0 Å². The van der Waals surface area contributed by atoms with Crippen LogP contribution >= 0.6 is 0 Å². The molecule has 4 rings (SSSR count). The minimum atomic E-state index is -1.05. The zero-order valence-electron chi connectivity index (χ0n) is 23.1. The van der Waals surface area contributed by atoms with Gasteiger partial charge in [0.2, 0.25) is 0 Å². The zero-order chi connectivity index (χ0) is 26.4. The van der Waals surface area contributed by atoms with Crippen LogP contribution < -0.4 is 0 Å². The second-order valence-electron chi connectivity index (χ2n) is 14.7. The molecule has 0 amide bonds. The molecule has 35 heavy (non-hydrogen) atoms. The van der Waals surface area contributed by atoms with Crippen LogP contribution in [0.2, 0.25) is 0 Å². The van der Waals surface area contributed by atoms with E-state index in [1.54, 1.807) is 19.9 Å². The number of carbonyl (C=O) groups is 2. The third-order valence-corrected chi connectivity index (χ3v) is 11.7. The molecule has 4 fully saturated rings. The van der Waals surface area contributed by atoms with Crippen LogP contribution in [0.1, 0.15) is 100 Å². The molecule has 5 heteroatoms. The first-order chi connectivity index (χ1) is 15.8. The molecule has 0 aromatic rings. The van der Waals surface area contributed by atoms with E-state index in [0.29, 0.717) is 25.7 Å². The third kappa shape index (κ3) is 3.82. The number of Topliss-reactive ketones (excluding diaryl/α,β-unsaturated/α-hetero) is 2. The van der Waals surface area contributed by atoms with E-state index in [-0.39, 0.29) is 51.5 Å². The van der Waals surface area contributed by atoms with Crippen molar-refractivity contribution in [2.24, 2.45) is 45.3 Å². The summed E-state index contributed by atoms with van der Waals surface area (Å²) in [6, 6.07) is 0. The molecule has 4 aliphatic rings. The van der Waals surface area contributed by atoms with Crippen molar-refractivity contribution in [3.8, 4) is 0 Å². The molecule has 0 aromatic carbocycles. The first-order valence-electron chi connectivity index (χ1n) is 13.7. The lowest BCUT2D eigenvalue weighted by Gasteiger charge is -2.69. The molecule has 5 nitrogen and oxygen atoms in total. The van der Waals surface area contributed by atoms with Crippen LogP contribution in [0.4, 0.5) is 0 Å². The molecule has 0 heterocycles. The fourth-order valence-corrected chi connectivity index (χ4v) is 9.86. The summed E-state index contributed by atoms with van der Waals surface area (Å²) >= 11 is 0. The normalized spacial score (nSPS) is 47.2. The molecule has 0 radical (unpaired) electrons. The summed E-state index contributed by atoms with van der Waals surface area (Å²) in [5.41, 5.74) is -3.43. The predicted molar refractivity (Wildman–Crippen MR) is 136 cm³/mol. The predicted octanol–water partition coefficient (Wildman–Crippen LogP) is 4.86. The smallest absolute Gasteiger partial charge is 0.138 e. The summed E-state index contributed by atoms with van der Waals surface area (Å²) in [4.78, 5) is 26.9. The standard InChI is InChI=1S/C30H48O5/c1-25(2,34)12-9-13-30(8,35)18-10-15-28(6)23(18)19(31)16-21-27(5)14-11-22(33)26(3,4)24(27)20(32)17-29(21,28)7/h9,12,18,20-21,23-24,32,34-35H,10-11,13-17H2,1-8H3/b12-9+/t18-,20-,21+,23-,24-,27+,28+,29+,30-/m0/s1. The highest BCUT2D eigenvalue weighted by molar-refractivity contribution is 5.87. The first-order valence-corrected chi connectivity index (χ1v) is 13.7. The maximum absolute atomic E-state index is 14.0. The van der Waals surface area contributed by atoms with E-state index in [4.69, 9.17) is 0 Å². The van der Waals surface area contributed by atoms with E-state index >= 15 is 0 Å². The van der Waals surface area contributed by atoms with Gasteiger partial charge in [-0.25, -0.2) is 0 Å². The van der Waals surface area contributed by atoms with E-state index in [9.17, 15) is 24.9 Å². The van der Waals surface area contributed by atoms with Crippen LogP contribution in [-0.4, -0.2) is 44.2 Å². The lowest BCUT2D eigenvalue weighted by atomic mass is 9.35. The lowest BCUT2D eigenvalue weighted by Crippen LogP contribution is -2.68. The molecule has 4 saturated carbocycles. The van der Waals surface area contributed by atoms with Crippen LogP contribution in [0.5, 0.6) is 0 Å². The molecule has 0 aromatic heterocycles. The average molecular weight is 489 g/mol. The van der Waals surface area contributed by atoms with Crippen LogP contribution in [0.15, 0.2) is 12.2 Å². The van der Waals surface area contributed by atoms with E-state index in [2.05, 4.69) is 20.8 Å². The maximum Gasteiger partial charge on any atom is 0.138 e. The largest absolute Gasteiger partial charge is 0.393 e. The second-order valence-corrected chi connectivity index (χ2v) is 14.7. The van der Waals surface area contributed by atoms with Gasteiger partial charge in [-0.1, -0.05) is 46.8 Å². The maximum atomic E-state index is 14.0. The van der Waals surface area contributed by atoms with Crippen molar-refractivity contribution < 1.29 is 24.9 Å². The third-order valence-electron chi connectivity index (χ3n) is 11.7. The number of aliphatic hydroxyl groups is 3. The van der Waals surface area contributed by atoms with Gasteiger partial charge in [0, 0.05) is 30.1 Å². The fraction of sp³-hybridized carbons (Fsp3) is 0.867. The van der Waals surface area contributed by atoms with Gasteiger partial charge in [0.1, 0.15) is 11.6 Å². The number of ketones is 2. The van der Waals surface area contributed by atoms with E-state index in [1.807, 2.05) is 26.8 Å². The summed E-state index contributed by atoms with van der Waals surface area (Å²) < 4.78 is 0. The highest BCUT2D eigenvalue weighted by Crippen LogP contribution is 2.74. The van der Waals surface area contributed by atoms with Crippen molar-refractivity contribution in [2.45, 2.75) is 118 Å². The summed E-state index contributed by atoms with van der Waals surface area (Å²) in [6.45, 7) is 16.0. The molecule has 0 aliphatic heterocycles. The number of aliphatic hydroxyl groups excluding tert-OH is 1. The van der Waals surface area contributed by atoms with E-state index in [1.165, 1.54) is 0 Å². The Labute approximate surface area is 211 Å².